The molecule has 0 spiro atoms. The first kappa shape index (κ1) is 17.3. The van der Waals surface area contributed by atoms with Gasteiger partial charge in [-0.2, -0.15) is 0 Å². The van der Waals surface area contributed by atoms with Gasteiger partial charge in [0.15, 0.2) is 0 Å². The molecule has 1 aromatic carbocycles. The first-order valence-corrected chi connectivity index (χ1v) is 8.33. The summed E-state index contributed by atoms with van der Waals surface area (Å²) in [5.74, 6) is -1.16. The predicted molar refractivity (Wildman–Crippen MR) is 91.7 cm³/mol. The third-order valence-electron chi connectivity index (χ3n) is 4.59. The van der Waals surface area contributed by atoms with E-state index in [1.54, 1.807) is 31.6 Å². The highest BCUT2D eigenvalue weighted by molar-refractivity contribution is 5.77. The Labute approximate surface area is 146 Å². The molecule has 2 aromatic rings. The molecule has 3 rings (SSSR count). The van der Waals surface area contributed by atoms with Crippen LogP contribution in [-0.4, -0.2) is 22.8 Å². The fraction of sp³-hybridized carbons (Fsp3) is 0.300. The van der Waals surface area contributed by atoms with Crippen LogP contribution in [0.4, 0.5) is 8.78 Å². The lowest BCUT2D eigenvalue weighted by Gasteiger charge is -2.30. The topological polar surface area (TPSA) is 33.2 Å². The van der Waals surface area contributed by atoms with Crippen molar-refractivity contribution < 1.29 is 13.6 Å². The number of pyridine rings is 1. The van der Waals surface area contributed by atoms with Crippen LogP contribution >= 0.6 is 0 Å². The zero-order valence-corrected chi connectivity index (χ0v) is 14.0. The fourth-order valence-electron chi connectivity index (χ4n) is 3.25. The third kappa shape index (κ3) is 3.92. The van der Waals surface area contributed by atoms with Crippen molar-refractivity contribution in [1.29, 1.82) is 0 Å². The van der Waals surface area contributed by atoms with Crippen LogP contribution in [0.3, 0.4) is 0 Å². The van der Waals surface area contributed by atoms with Crippen LogP contribution in [0.15, 0.2) is 54.9 Å². The number of halogens is 2. The molecule has 0 saturated carbocycles. The number of rotatable bonds is 5. The molecular weight excluding hydrogens is 322 g/mol. The van der Waals surface area contributed by atoms with Crippen molar-refractivity contribution in [1.82, 2.24) is 9.88 Å². The molecule has 1 aliphatic carbocycles. The summed E-state index contributed by atoms with van der Waals surface area (Å²) < 4.78 is 27.7. The summed E-state index contributed by atoms with van der Waals surface area (Å²) in [4.78, 5) is 18.3. The van der Waals surface area contributed by atoms with E-state index in [1.807, 2.05) is 0 Å². The Kier molecular flexibility index (Phi) is 5.22. The normalized spacial score (nSPS) is 17.5. The van der Waals surface area contributed by atoms with Crippen LogP contribution in [0, 0.1) is 17.6 Å². The maximum Gasteiger partial charge on any atom is 0.223 e. The molecule has 0 saturated heterocycles. The summed E-state index contributed by atoms with van der Waals surface area (Å²) in [5, 5.41) is 0. The Hall–Kier alpha value is -2.56. The van der Waals surface area contributed by atoms with Gasteiger partial charge in [-0.3, -0.25) is 9.78 Å². The van der Waals surface area contributed by atoms with Crippen LogP contribution < -0.4 is 0 Å². The molecular formula is C20H20F2N2O. The molecule has 1 heterocycles. The quantitative estimate of drug-likeness (QED) is 0.761. The molecule has 25 heavy (non-hydrogen) atoms. The number of benzene rings is 1. The first-order valence-electron chi connectivity index (χ1n) is 8.33. The summed E-state index contributed by atoms with van der Waals surface area (Å²) in [6, 6.07) is 6.33. The van der Waals surface area contributed by atoms with Crippen LogP contribution in [0.5, 0.6) is 0 Å². The van der Waals surface area contributed by atoms with Crippen LogP contribution in [0.2, 0.25) is 0 Å². The van der Waals surface area contributed by atoms with Gasteiger partial charge in [-0.25, -0.2) is 8.78 Å². The second-order valence-corrected chi connectivity index (χ2v) is 6.33. The Morgan fingerprint density at radius 2 is 2.20 bits per heavy atom. The molecule has 1 amide bonds. The standard InChI is InChI=1S/C20H20F2N2O/c1-24(19(25)11-14-5-2-3-6-14)20(15-7-4-10-23-13-15)17-9-8-16(21)12-18(17)22/h2,4-5,7-10,12-14,20H,3,6,11H2,1H3/t14-,20-/m0/s1. The zero-order chi connectivity index (χ0) is 17.8. The van der Waals surface area contributed by atoms with E-state index in [1.165, 1.54) is 17.0 Å². The molecule has 0 bridgehead atoms. The maximum atomic E-state index is 14.4. The molecule has 5 heteroatoms. The summed E-state index contributed by atoms with van der Waals surface area (Å²) in [6.45, 7) is 0. The van der Waals surface area contributed by atoms with Crippen molar-refractivity contribution in [2.75, 3.05) is 7.05 Å². The summed E-state index contributed by atoms with van der Waals surface area (Å²) in [6.07, 6.45) is 9.69. The Bertz CT molecular complexity index is 777. The highest BCUT2D eigenvalue weighted by atomic mass is 19.1. The lowest BCUT2D eigenvalue weighted by Crippen LogP contribution is -2.33. The number of amides is 1. The number of allylic oxidation sites excluding steroid dienone is 2. The van der Waals surface area contributed by atoms with Crippen LogP contribution in [0.25, 0.3) is 0 Å². The van der Waals surface area contributed by atoms with Crippen LogP contribution in [0.1, 0.15) is 36.4 Å². The van der Waals surface area contributed by atoms with Gasteiger partial charge in [0.25, 0.3) is 0 Å². The van der Waals surface area contributed by atoms with Crippen molar-refractivity contribution in [3.63, 3.8) is 0 Å². The Balaban J connectivity index is 1.93. The minimum absolute atomic E-state index is 0.0749. The minimum atomic E-state index is -0.672. The largest absolute Gasteiger partial charge is 0.334 e. The third-order valence-corrected chi connectivity index (χ3v) is 4.59. The number of carbonyl (C=O) groups excluding carboxylic acids is 1. The molecule has 0 aliphatic heterocycles. The van der Waals surface area contributed by atoms with E-state index in [4.69, 9.17) is 0 Å². The van der Waals surface area contributed by atoms with E-state index in [2.05, 4.69) is 17.1 Å². The molecule has 1 aliphatic rings. The SMILES string of the molecule is CN(C(=O)C[C@H]1C=CCC1)[C@@H](c1cccnc1)c1ccc(F)cc1F. The molecule has 0 fully saturated rings. The van der Waals surface area contributed by atoms with E-state index in [0.29, 0.717) is 12.0 Å². The summed E-state index contributed by atoms with van der Waals surface area (Å²) in [5.41, 5.74) is 0.943. The van der Waals surface area contributed by atoms with E-state index >= 15 is 0 Å². The lowest BCUT2D eigenvalue weighted by molar-refractivity contribution is -0.132. The van der Waals surface area contributed by atoms with Gasteiger partial charge < -0.3 is 4.90 Å². The number of carbonyl (C=O) groups is 1. The van der Waals surface area contributed by atoms with Crippen molar-refractivity contribution >= 4 is 5.91 Å². The number of nitrogens with zero attached hydrogens (tertiary/aromatic N) is 2. The summed E-state index contributed by atoms with van der Waals surface area (Å²) in [7, 11) is 1.65. The van der Waals surface area contributed by atoms with Crippen molar-refractivity contribution in [2.45, 2.75) is 25.3 Å². The fourth-order valence-corrected chi connectivity index (χ4v) is 3.25. The highest BCUT2D eigenvalue weighted by Gasteiger charge is 2.28. The zero-order valence-electron chi connectivity index (χ0n) is 14.0. The molecule has 0 N–H and O–H groups in total. The van der Waals surface area contributed by atoms with Crippen LogP contribution in [-0.2, 0) is 4.79 Å². The van der Waals surface area contributed by atoms with E-state index in [9.17, 15) is 13.6 Å². The molecule has 3 nitrogen and oxygen atoms in total. The molecule has 2 atom stereocenters. The van der Waals surface area contributed by atoms with Gasteiger partial charge in [0, 0.05) is 37.5 Å². The van der Waals surface area contributed by atoms with Gasteiger partial charge in [0.1, 0.15) is 11.6 Å². The van der Waals surface area contributed by atoms with Gasteiger partial charge in [-0.1, -0.05) is 24.3 Å². The Morgan fingerprint density at radius 3 is 2.84 bits per heavy atom. The van der Waals surface area contributed by atoms with Gasteiger partial charge >= 0.3 is 0 Å². The first-order chi connectivity index (χ1) is 12.1. The molecule has 130 valence electrons. The monoisotopic (exact) mass is 342 g/mol. The van der Waals surface area contributed by atoms with E-state index in [-0.39, 0.29) is 17.4 Å². The Morgan fingerprint density at radius 1 is 1.36 bits per heavy atom. The van der Waals surface area contributed by atoms with Gasteiger partial charge in [0.05, 0.1) is 6.04 Å². The number of hydrogen-bond donors (Lipinski definition) is 0. The molecule has 0 unspecified atom stereocenters. The highest BCUT2D eigenvalue weighted by Crippen LogP contribution is 2.31. The van der Waals surface area contributed by atoms with Gasteiger partial charge in [-0.15, -0.1) is 0 Å². The van der Waals surface area contributed by atoms with E-state index < -0.39 is 17.7 Å². The molecule has 0 radical (unpaired) electrons. The average molecular weight is 342 g/mol. The van der Waals surface area contributed by atoms with E-state index in [0.717, 1.165) is 18.9 Å². The second kappa shape index (κ2) is 7.55. The van der Waals surface area contributed by atoms with Gasteiger partial charge in [-0.05, 0) is 36.5 Å². The minimum Gasteiger partial charge on any atom is -0.334 e. The smallest absolute Gasteiger partial charge is 0.223 e. The lowest BCUT2D eigenvalue weighted by atomic mass is 9.96. The average Bonchev–Trinajstić information content (AvgIpc) is 3.11. The van der Waals surface area contributed by atoms with Crippen molar-refractivity contribution in [2.24, 2.45) is 5.92 Å². The maximum absolute atomic E-state index is 14.4. The van der Waals surface area contributed by atoms with Crippen molar-refractivity contribution in [3.05, 3.63) is 77.6 Å². The number of hydrogen-bond acceptors (Lipinski definition) is 2. The second-order valence-electron chi connectivity index (χ2n) is 6.33. The number of aromatic nitrogens is 1. The predicted octanol–water partition coefficient (Wildman–Crippen LogP) is 4.26. The van der Waals surface area contributed by atoms with Gasteiger partial charge in [0.2, 0.25) is 5.91 Å². The van der Waals surface area contributed by atoms with Crippen molar-refractivity contribution in [3.8, 4) is 0 Å². The summed E-state index contributed by atoms with van der Waals surface area (Å²) >= 11 is 0. The molecule has 1 aromatic heterocycles.